The fraction of sp³-hybridized carbons (Fsp3) is 0.650. The number of hydrogen-bond donors (Lipinski definition) is 2. The van der Waals surface area contributed by atoms with Crippen LogP contribution < -0.4 is 5.73 Å². The van der Waals surface area contributed by atoms with Crippen LogP contribution in [0.4, 0.5) is 0 Å². The first-order chi connectivity index (χ1) is 11.4. The molecule has 1 saturated carbocycles. The number of rotatable bonds is 4. The van der Waals surface area contributed by atoms with E-state index in [-0.39, 0.29) is 18.0 Å². The molecule has 0 heterocycles. The number of ether oxygens (including phenoxy) is 1. The van der Waals surface area contributed by atoms with Crippen LogP contribution in [0.5, 0.6) is 0 Å². The molecule has 0 aliphatic heterocycles. The van der Waals surface area contributed by atoms with Gasteiger partial charge < -0.3 is 15.6 Å². The fourth-order valence-corrected chi connectivity index (χ4v) is 4.96. The van der Waals surface area contributed by atoms with Gasteiger partial charge in [-0.25, -0.2) is 0 Å². The molecule has 4 heteroatoms. The van der Waals surface area contributed by atoms with Crippen molar-refractivity contribution in [3.63, 3.8) is 0 Å². The second kappa shape index (κ2) is 6.49. The minimum Gasteiger partial charge on any atom is -0.468 e. The molecule has 0 unspecified atom stereocenters. The molecule has 0 amide bonds. The average Bonchev–Trinajstić information content (AvgIpc) is 2.90. The quantitative estimate of drug-likeness (QED) is 0.832. The summed E-state index contributed by atoms with van der Waals surface area (Å²) < 4.78 is 4.93. The largest absolute Gasteiger partial charge is 0.468 e. The Bertz CT molecular complexity index is 605. The predicted molar refractivity (Wildman–Crippen MR) is 93.6 cm³/mol. The molecule has 132 valence electrons. The van der Waals surface area contributed by atoms with Gasteiger partial charge in [0.25, 0.3) is 0 Å². The zero-order valence-corrected chi connectivity index (χ0v) is 14.8. The lowest BCUT2D eigenvalue weighted by Gasteiger charge is -2.46. The third-order valence-electron chi connectivity index (χ3n) is 6.43. The second-order valence-corrected chi connectivity index (χ2v) is 7.89. The molecule has 2 aliphatic carbocycles. The number of fused-ring (bicyclic) bond motifs is 2. The summed E-state index contributed by atoms with van der Waals surface area (Å²) >= 11 is 0. The first kappa shape index (κ1) is 17.4. The molecule has 1 aromatic carbocycles. The highest BCUT2D eigenvalue weighted by Gasteiger charge is 2.52. The number of aliphatic hydroxyl groups is 1. The van der Waals surface area contributed by atoms with Crippen LogP contribution in [0.25, 0.3) is 0 Å². The summed E-state index contributed by atoms with van der Waals surface area (Å²) in [7, 11) is 1.41. The molecule has 1 aromatic rings. The lowest BCUT2D eigenvalue weighted by molar-refractivity contribution is -0.149. The first-order valence-corrected chi connectivity index (χ1v) is 9.02. The van der Waals surface area contributed by atoms with Crippen LogP contribution >= 0.6 is 0 Å². The monoisotopic (exact) mass is 331 g/mol. The highest BCUT2D eigenvalue weighted by Crippen LogP contribution is 2.55. The molecule has 4 nitrogen and oxygen atoms in total. The lowest BCUT2D eigenvalue weighted by Crippen LogP contribution is -2.54. The van der Waals surface area contributed by atoms with Crippen molar-refractivity contribution in [2.45, 2.75) is 56.4 Å². The molecule has 0 radical (unpaired) electrons. The first-order valence-electron chi connectivity index (χ1n) is 9.02. The van der Waals surface area contributed by atoms with Gasteiger partial charge in [-0.15, -0.1) is 0 Å². The second-order valence-electron chi connectivity index (χ2n) is 7.89. The van der Waals surface area contributed by atoms with E-state index in [1.54, 1.807) is 0 Å². The van der Waals surface area contributed by atoms with Gasteiger partial charge in [-0.2, -0.15) is 0 Å². The smallest absolute Gasteiger partial charge is 0.325 e. The van der Waals surface area contributed by atoms with Crippen LogP contribution in [0.3, 0.4) is 0 Å². The Balaban J connectivity index is 1.89. The summed E-state index contributed by atoms with van der Waals surface area (Å²) in [5.74, 6) is 0.523. The summed E-state index contributed by atoms with van der Waals surface area (Å²) in [6.45, 7) is 2.34. The Morgan fingerprint density at radius 3 is 2.62 bits per heavy atom. The number of hydrogen-bond acceptors (Lipinski definition) is 4. The summed E-state index contributed by atoms with van der Waals surface area (Å²) in [4.78, 5) is 12.1. The van der Waals surface area contributed by atoms with Crippen LogP contribution in [0.2, 0.25) is 0 Å². The Hall–Kier alpha value is -1.39. The van der Waals surface area contributed by atoms with Crippen LogP contribution in [0.1, 0.15) is 50.2 Å². The van der Waals surface area contributed by atoms with E-state index in [9.17, 15) is 9.90 Å². The van der Waals surface area contributed by atoms with Gasteiger partial charge in [-0.1, -0.05) is 31.2 Å². The van der Waals surface area contributed by atoms with Crippen molar-refractivity contribution in [1.29, 1.82) is 0 Å². The van der Waals surface area contributed by atoms with E-state index in [2.05, 4.69) is 31.2 Å². The van der Waals surface area contributed by atoms with Crippen molar-refractivity contribution in [3.8, 4) is 0 Å². The molecule has 3 N–H and O–H groups in total. The molecule has 1 fully saturated rings. The van der Waals surface area contributed by atoms with Crippen molar-refractivity contribution in [2.24, 2.45) is 17.6 Å². The number of nitrogens with two attached hydrogens (primary N) is 1. The Morgan fingerprint density at radius 1 is 1.33 bits per heavy atom. The fourth-order valence-electron chi connectivity index (χ4n) is 4.96. The number of methoxy groups -OCH3 is 1. The van der Waals surface area contributed by atoms with Crippen LogP contribution in [-0.2, 0) is 21.4 Å². The molecular weight excluding hydrogens is 302 g/mol. The van der Waals surface area contributed by atoms with Gasteiger partial charge in [0.05, 0.1) is 7.11 Å². The Labute approximate surface area is 144 Å². The number of benzene rings is 1. The van der Waals surface area contributed by atoms with Crippen LogP contribution in [-0.4, -0.2) is 30.3 Å². The minimum absolute atomic E-state index is 0.0942. The molecular formula is C20H29NO3. The molecule has 0 aromatic heterocycles. The van der Waals surface area contributed by atoms with Crippen molar-refractivity contribution < 1.29 is 14.6 Å². The Kier molecular flexibility index (Phi) is 4.71. The van der Waals surface area contributed by atoms with Crippen molar-refractivity contribution in [3.05, 3.63) is 35.4 Å². The molecule has 2 aliphatic rings. The highest BCUT2D eigenvalue weighted by molar-refractivity contribution is 5.80. The minimum atomic E-state index is -0.843. The average molecular weight is 331 g/mol. The summed E-state index contributed by atoms with van der Waals surface area (Å²) in [6, 6.07) is 8.70. The van der Waals surface area contributed by atoms with Gasteiger partial charge in [0.1, 0.15) is 5.54 Å². The highest BCUT2D eigenvalue weighted by atomic mass is 16.5. The summed E-state index contributed by atoms with van der Waals surface area (Å²) in [6.07, 6.45) is 5.24. The molecule has 0 saturated heterocycles. The van der Waals surface area contributed by atoms with Gasteiger partial charge in [0.2, 0.25) is 0 Å². The molecule has 3 rings (SSSR count). The normalized spacial score (nSPS) is 33.2. The van der Waals surface area contributed by atoms with Gasteiger partial charge in [-0.05, 0) is 66.9 Å². The zero-order chi connectivity index (χ0) is 17.4. The number of esters is 1. The van der Waals surface area contributed by atoms with E-state index >= 15 is 0 Å². The van der Waals surface area contributed by atoms with E-state index in [0.29, 0.717) is 24.7 Å². The van der Waals surface area contributed by atoms with Crippen LogP contribution in [0, 0.1) is 11.8 Å². The molecule has 2 atom stereocenters. The van der Waals surface area contributed by atoms with E-state index in [1.165, 1.54) is 18.2 Å². The van der Waals surface area contributed by atoms with Crippen molar-refractivity contribution in [1.82, 2.24) is 0 Å². The van der Waals surface area contributed by atoms with Gasteiger partial charge in [0.15, 0.2) is 0 Å². The maximum absolute atomic E-state index is 12.1. The lowest BCUT2D eigenvalue weighted by atomic mass is 9.60. The van der Waals surface area contributed by atoms with Crippen molar-refractivity contribution >= 4 is 5.97 Å². The molecule has 1 spiro atoms. The number of aliphatic hydroxyl groups excluding tert-OH is 1. The van der Waals surface area contributed by atoms with Gasteiger partial charge >= 0.3 is 5.97 Å². The third-order valence-corrected chi connectivity index (χ3v) is 6.43. The number of carbonyl (C=O) groups excluding carboxylic acids is 1. The maximum atomic E-state index is 12.1. The maximum Gasteiger partial charge on any atom is 0.325 e. The predicted octanol–water partition coefficient (Wildman–Crippen LogP) is 2.56. The topological polar surface area (TPSA) is 72.5 Å². The summed E-state index contributed by atoms with van der Waals surface area (Å²) in [5, 5.41) is 9.51. The zero-order valence-electron chi connectivity index (χ0n) is 14.8. The third kappa shape index (κ3) is 2.76. The van der Waals surface area contributed by atoms with Gasteiger partial charge in [0, 0.05) is 6.61 Å². The van der Waals surface area contributed by atoms with E-state index in [1.807, 2.05) is 0 Å². The van der Waals surface area contributed by atoms with Crippen LogP contribution in [0.15, 0.2) is 24.3 Å². The van der Waals surface area contributed by atoms with E-state index in [4.69, 9.17) is 10.5 Å². The summed E-state index contributed by atoms with van der Waals surface area (Å²) in [5.41, 5.74) is 8.46. The molecule has 24 heavy (non-hydrogen) atoms. The SMILES string of the molecule is COC(=O)C1(N)CCC2(CC1)c1ccccc1C[C@@H]2C[C@@H](C)CO. The Morgan fingerprint density at radius 2 is 2.00 bits per heavy atom. The molecule has 0 bridgehead atoms. The van der Waals surface area contributed by atoms with Crippen molar-refractivity contribution in [2.75, 3.05) is 13.7 Å². The number of carbonyl (C=O) groups is 1. The standard InChI is InChI=1S/C20H29NO3/c1-14(13-22)11-16-12-15-5-3-4-6-17(15)19(16)7-9-20(21,10-8-19)18(23)24-2/h3-6,14,16,22H,7-13,21H2,1-2H3/t14-,16+,19?,20?/m1/s1. The van der Waals surface area contributed by atoms with E-state index in [0.717, 1.165) is 25.7 Å². The van der Waals surface area contributed by atoms with Gasteiger partial charge in [-0.3, -0.25) is 4.79 Å². The van der Waals surface area contributed by atoms with E-state index < -0.39 is 5.54 Å².